The molecule has 90 valence electrons. The SMILES string of the molecule is Cc1ccc(C(O)c2cc(Br)c(C)s2)c(Cl)c1. The normalized spacial score (nSPS) is 12.8. The van der Waals surface area contributed by atoms with Gasteiger partial charge in [0.1, 0.15) is 6.10 Å². The second-order valence-corrected chi connectivity index (χ2v) is 6.53. The predicted octanol–water partition coefficient (Wildman–Crippen LogP) is 4.86. The molecule has 0 fully saturated rings. The van der Waals surface area contributed by atoms with E-state index < -0.39 is 6.10 Å². The summed E-state index contributed by atoms with van der Waals surface area (Å²) in [7, 11) is 0. The Morgan fingerprint density at radius 2 is 2.00 bits per heavy atom. The molecule has 1 aromatic heterocycles. The Kier molecular flexibility index (Phi) is 3.93. The molecule has 1 nitrogen and oxygen atoms in total. The summed E-state index contributed by atoms with van der Waals surface area (Å²) in [5.74, 6) is 0. The Bertz CT molecular complexity index is 531. The molecule has 2 rings (SSSR count). The molecule has 1 heterocycles. The second-order valence-electron chi connectivity index (χ2n) is 3.98. The fourth-order valence-electron chi connectivity index (χ4n) is 1.62. The topological polar surface area (TPSA) is 20.2 Å². The highest BCUT2D eigenvalue weighted by Gasteiger charge is 2.17. The summed E-state index contributed by atoms with van der Waals surface area (Å²) in [6.45, 7) is 4.00. The van der Waals surface area contributed by atoms with Crippen LogP contribution in [0.1, 0.15) is 27.0 Å². The summed E-state index contributed by atoms with van der Waals surface area (Å²) in [5.41, 5.74) is 1.85. The van der Waals surface area contributed by atoms with Crippen molar-refractivity contribution in [2.24, 2.45) is 0 Å². The van der Waals surface area contributed by atoms with Gasteiger partial charge < -0.3 is 5.11 Å². The number of aryl methyl sites for hydroxylation is 2. The standard InChI is InChI=1S/C13H12BrClOS/c1-7-3-4-9(11(15)5-7)13(16)12-6-10(14)8(2)17-12/h3-6,13,16H,1-2H3. The first-order chi connectivity index (χ1) is 7.99. The fourth-order valence-corrected chi connectivity index (χ4v) is 3.53. The lowest BCUT2D eigenvalue weighted by Gasteiger charge is -2.11. The number of aliphatic hydroxyl groups is 1. The van der Waals surface area contributed by atoms with Crippen LogP contribution in [-0.2, 0) is 0 Å². The molecule has 0 radical (unpaired) electrons. The number of aliphatic hydroxyl groups excluding tert-OH is 1. The van der Waals surface area contributed by atoms with Crippen molar-refractivity contribution in [3.05, 3.63) is 54.6 Å². The van der Waals surface area contributed by atoms with Gasteiger partial charge in [0.25, 0.3) is 0 Å². The zero-order chi connectivity index (χ0) is 12.6. The van der Waals surface area contributed by atoms with Crippen LogP contribution in [0.3, 0.4) is 0 Å². The molecule has 2 aromatic rings. The molecule has 4 heteroatoms. The van der Waals surface area contributed by atoms with E-state index in [-0.39, 0.29) is 0 Å². The van der Waals surface area contributed by atoms with Crippen molar-refractivity contribution in [2.45, 2.75) is 20.0 Å². The third-order valence-electron chi connectivity index (χ3n) is 2.60. The molecule has 1 N–H and O–H groups in total. The first-order valence-electron chi connectivity index (χ1n) is 5.19. The summed E-state index contributed by atoms with van der Waals surface area (Å²) >= 11 is 11.2. The Balaban J connectivity index is 2.39. The van der Waals surface area contributed by atoms with Crippen molar-refractivity contribution < 1.29 is 5.11 Å². The lowest BCUT2D eigenvalue weighted by molar-refractivity contribution is 0.224. The lowest BCUT2D eigenvalue weighted by Crippen LogP contribution is -1.98. The van der Waals surface area contributed by atoms with Crippen molar-refractivity contribution in [2.75, 3.05) is 0 Å². The van der Waals surface area contributed by atoms with E-state index in [2.05, 4.69) is 15.9 Å². The molecule has 0 aliphatic rings. The van der Waals surface area contributed by atoms with Crippen LogP contribution >= 0.6 is 38.9 Å². The van der Waals surface area contributed by atoms with Gasteiger partial charge in [-0.15, -0.1) is 11.3 Å². The summed E-state index contributed by atoms with van der Waals surface area (Å²) in [6.07, 6.45) is -0.655. The smallest absolute Gasteiger partial charge is 0.115 e. The van der Waals surface area contributed by atoms with Gasteiger partial charge in [-0.1, -0.05) is 23.7 Å². The van der Waals surface area contributed by atoms with Crippen molar-refractivity contribution in [1.82, 2.24) is 0 Å². The van der Waals surface area contributed by atoms with Crippen molar-refractivity contribution in [3.8, 4) is 0 Å². The van der Waals surface area contributed by atoms with Crippen molar-refractivity contribution in [3.63, 3.8) is 0 Å². The van der Waals surface area contributed by atoms with Crippen LogP contribution in [-0.4, -0.2) is 5.11 Å². The number of benzene rings is 1. The van der Waals surface area contributed by atoms with Crippen LogP contribution in [0.25, 0.3) is 0 Å². The van der Waals surface area contributed by atoms with Gasteiger partial charge in [-0.2, -0.15) is 0 Å². The van der Waals surface area contributed by atoms with Crippen molar-refractivity contribution in [1.29, 1.82) is 0 Å². The molecule has 0 amide bonds. The van der Waals surface area contributed by atoms with Crippen LogP contribution in [0.4, 0.5) is 0 Å². The monoisotopic (exact) mass is 330 g/mol. The summed E-state index contributed by atoms with van der Waals surface area (Å²) in [5, 5.41) is 10.9. The van der Waals surface area contributed by atoms with E-state index in [4.69, 9.17) is 11.6 Å². The summed E-state index contributed by atoms with van der Waals surface area (Å²) in [6, 6.07) is 7.65. The van der Waals surface area contributed by atoms with Crippen LogP contribution in [0.15, 0.2) is 28.7 Å². The van der Waals surface area contributed by atoms with E-state index in [1.807, 2.05) is 38.1 Å². The van der Waals surface area contributed by atoms with Gasteiger partial charge in [0.2, 0.25) is 0 Å². The van der Waals surface area contributed by atoms with Gasteiger partial charge in [0.15, 0.2) is 0 Å². The largest absolute Gasteiger partial charge is 0.383 e. The highest BCUT2D eigenvalue weighted by atomic mass is 79.9. The van der Waals surface area contributed by atoms with Crippen LogP contribution in [0.5, 0.6) is 0 Å². The molecular weight excluding hydrogens is 320 g/mol. The maximum absolute atomic E-state index is 10.3. The number of halogens is 2. The first-order valence-corrected chi connectivity index (χ1v) is 7.17. The zero-order valence-corrected chi connectivity index (χ0v) is 12.7. The van der Waals surface area contributed by atoms with E-state index in [1.54, 1.807) is 11.3 Å². The minimum absolute atomic E-state index is 0.611. The number of rotatable bonds is 2. The number of hydrogen-bond donors (Lipinski definition) is 1. The van der Waals surface area contributed by atoms with Crippen LogP contribution in [0.2, 0.25) is 5.02 Å². The van der Waals surface area contributed by atoms with E-state index in [0.29, 0.717) is 5.02 Å². The molecular formula is C13H12BrClOS. The minimum Gasteiger partial charge on any atom is -0.383 e. The average molecular weight is 332 g/mol. The van der Waals surface area contributed by atoms with Gasteiger partial charge in [0.05, 0.1) is 0 Å². The van der Waals surface area contributed by atoms with E-state index in [9.17, 15) is 5.11 Å². The molecule has 0 saturated heterocycles. The van der Waals surface area contributed by atoms with Gasteiger partial charge in [-0.3, -0.25) is 0 Å². The molecule has 0 saturated carbocycles. The summed E-state index contributed by atoms with van der Waals surface area (Å²) < 4.78 is 1.03. The molecule has 1 aromatic carbocycles. The Morgan fingerprint density at radius 1 is 1.29 bits per heavy atom. The number of hydrogen-bond acceptors (Lipinski definition) is 2. The van der Waals surface area contributed by atoms with Gasteiger partial charge >= 0.3 is 0 Å². The van der Waals surface area contributed by atoms with Crippen LogP contribution < -0.4 is 0 Å². The molecule has 1 atom stereocenters. The van der Waals surface area contributed by atoms with E-state index >= 15 is 0 Å². The fraction of sp³-hybridized carbons (Fsp3) is 0.231. The predicted molar refractivity (Wildman–Crippen MR) is 77.0 cm³/mol. The highest BCUT2D eigenvalue weighted by Crippen LogP contribution is 2.36. The van der Waals surface area contributed by atoms with Gasteiger partial charge in [-0.05, 0) is 47.5 Å². The van der Waals surface area contributed by atoms with Gasteiger partial charge in [0, 0.05) is 24.8 Å². The second kappa shape index (κ2) is 5.11. The molecule has 0 aliphatic heterocycles. The zero-order valence-electron chi connectivity index (χ0n) is 9.50. The lowest BCUT2D eigenvalue weighted by atomic mass is 10.1. The summed E-state index contributed by atoms with van der Waals surface area (Å²) in [4.78, 5) is 2.06. The Hall–Kier alpha value is -0.350. The Labute approximate surface area is 118 Å². The highest BCUT2D eigenvalue weighted by molar-refractivity contribution is 9.10. The van der Waals surface area contributed by atoms with Crippen molar-refractivity contribution >= 4 is 38.9 Å². The quantitative estimate of drug-likeness (QED) is 0.833. The molecule has 1 unspecified atom stereocenters. The van der Waals surface area contributed by atoms with Crippen LogP contribution in [0, 0.1) is 13.8 Å². The maximum Gasteiger partial charge on any atom is 0.115 e. The first kappa shape index (κ1) is 13.1. The average Bonchev–Trinajstić information content (AvgIpc) is 2.58. The third-order valence-corrected chi connectivity index (χ3v) is 5.11. The third kappa shape index (κ3) is 2.74. The molecule has 0 aliphatic carbocycles. The maximum atomic E-state index is 10.3. The van der Waals surface area contributed by atoms with E-state index in [1.165, 1.54) is 0 Å². The molecule has 17 heavy (non-hydrogen) atoms. The molecule has 0 spiro atoms. The minimum atomic E-state index is -0.655. The Morgan fingerprint density at radius 3 is 2.53 bits per heavy atom. The van der Waals surface area contributed by atoms with Gasteiger partial charge in [-0.25, -0.2) is 0 Å². The molecule has 0 bridgehead atoms. The number of thiophene rings is 1. The van der Waals surface area contributed by atoms with E-state index in [0.717, 1.165) is 25.4 Å².